The van der Waals surface area contributed by atoms with Crippen molar-refractivity contribution < 1.29 is 29.6 Å². The normalized spacial score (nSPS) is 46.3. The van der Waals surface area contributed by atoms with E-state index in [1.165, 1.54) is 0 Å². The van der Waals surface area contributed by atoms with Crippen molar-refractivity contribution in [1.82, 2.24) is 0 Å². The Bertz CT molecular complexity index is 869. The van der Waals surface area contributed by atoms with Gasteiger partial charge in [-0.15, -0.1) is 0 Å². The first-order chi connectivity index (χ1) is 13.8. The van der Waals surface area contributed by atoms with E-state index >= 15 is 0 Å². The second-order valence-corrected chi connectivity index (χ2v) is 10.9. The molecule has 7 atom stereocenters. The Hall–Kier alpha value is -1.50. The highest BCUT2D eigenvalue weighted by Gasteiger charge is 2.83. The summed E-state index contributed by atoms with van der Waals surface area (Å²) in [5, 5.41) is 33.6. The van der Waals surface area contributed by atoms with Crippen LogP contribution in [-0.4, -0.2) is 50.5 Å². The third kappa shape index (κ3) is 2.41. The fourth-order valence-electron chi connectivity index (χ4n) is 6.90. The molecule has 0 aromatic rings. The molecule has 6 nitrogen and oxygen atoms in total. The van der Waals surface area contributed by atoms with E-state index in [0.29, 0.717) is 17.6 Å². The molecule has 0 heterocycles. The van der Waals surface area contributed by atoms with Crippen LogP contribution in [0.1, 0.15) is 54.4 Å². The van der Waals surface area contributed by atoms with E-state index in [4.69, 9.17) is 4.74 Å². The van der Waals surface area contributed by atoms with Gasteiger partial charge in [-0.05, 0) is 30.4 Å². The molecule has 5 unspecified atom stereocenters. The molecule has 30 heavy (non-hydrogen) atoms. The molecule has 0 spiro atoms. The van der Waals surface area contributed by atoms with E-state index in [0.717, 1.165) is 0 Å². The van der Waals surface area contributed by atoms with Crippen molar-refractivity contribution in [3.8, 4) is 0 Å². The van der Waals surface area contributed by atoms with Gasteiger partial charge in [0, 0.05) is 29.6 Å². The standard InChI is InChI=1S/C24H34O6/c1-12(2)20(27)30-23-9-14(4)24(29)16(18(23)21(23,5)6)8-15(11-25)10-22(28)17(24)7-13(3)19(22)26/h7-8,12,14,16-18,25,28-29H,9-11H2,1-6H3/t14?,16-,17?,18?,22+,23?,24?/m0/s1. The van der Waals surface area contributed by atoms with Crippen LogP contribution in [-0.2, 0) is 14.3 Å². The van der Waals surface area contributed by atoms with Crippen molar-refractivity contribution in [1.29, 1.82) is 0 Å². The van der Waals surface area contributed by atoms with Gasteiger partial charge in [-0.25, -0.2) is 0 Å². The second-order valence-electron chi connectivity index (χ2n) is 10.9. The Balaban J connectivity index is 1.86. The SMILES string of the molecule is CC1=CC2C3(O)C(C)CC4(OC(=O)C(C)C)C([C@@H]3C=C(CO)C[C@]2(O)C1=O)C4(C)C. The Morgan fingerprint density at radius 1 is 1.27 bits per heavy atom. The summed E-state index contributed by atoms with van der Waals surface area (Å²) in [7, 11) is 0. The Morgan fingerprint density at radius 3 is 2.47 bits per heavy atom. The minimum atomic E-state index is -1.76. The average molecular weight is 419 g/mol. The van der Waals surface area contributed by atoms with E-state index < -0.39 is 28.6 Å². The number of carbonyl (C=O) groups excluding carboxylic acids is 2. The number of ketones is 1. The van der Waals surface area contributed by atoms with E-state index in [1.54, 1.807) is 26.8 Å². The van der Waals surface area contributed by atoms with Crippen LogP contribution in [0, 0.1) is 35.0 Å². The topological polar surface area (TPSA) is 104 Å². The van der Waals surface area contributed by atoms with Gasteiger partial charge in [0.25, 0.3) is 0 Å². The summed E-state index contributed by atoms with van der Waals surface area (Å²) < 4.78 is 6.10. The second kappa shape index (κ2) is 6.27. The van der Waals surface area contributed by atoms with E-state index in [-0.39, 0.29) is 47.9 Å². The van der Waals surface area contributed by atoms with E-state index in [2.05, 4.69) is 0 Å². The molecule has 0 amide bonds. The van der Waals surface area contributed by atoms with Crippen molar-refractivity contribution >= 4 is 11.8 Å². The zero-order valence-electron chi connectivity index (χ0n) is 18.7. The summed E-state index contributed by atoms with van der Waals surface area (Å²) in [6.07, 6.45) is 4.02. The van der Waals surface area contributed by atoms with Gasteiger partial charge < -0.3 is 20.1 Å². The third-order valence-electron chi connectivity index (χ3n) is 8.63. The van der Waals surface area contributed by atoms with Crippen molar-refractivity contribution in [3.63, 3.8) is 0 Å². The predicted molar refractivity (Wildman–Crippen MR) is 110 cm³/mol. The zero-order chi connectivity index (χ0) is 22.4. The minimum Gasteiger partial charge on any atom is -0.458 e. The molecule has 3 N–H and O–H groups in total. The van der Waals surface area contributed by atoms with Gasteiger partial charge in [0.15, 0.2) is 5.78 Å². The van der Waals surface area contributed by atoms with Crippen molar-refractivity contribution in [2.75, 3.05) is 6.61 Å². The Labute approximate surface area is 178 Å². The van der Waals surface area contributed by atoms with E-state index in [9.17, 15) is 24.9 Å². The lowest BCUT2D eigenvalue weighted by atomic mass is 9.60. The number of aliphatic hydroxyl groups excluding tert-OH is 1. The maximum atomic E-state index is 12.9. The number of hydrogen-bond acceptors (Lipinski definition) is 6. The lowest BCUT2D eigenvalue weighted by Crippen LogP contribution is -2.61. The van der Waals surface area contributed by atoms with Crippen LogP contribution < -0.4 is 0 Å². The lowest BCUT2D eigenvalue weighted by Gasteiger charge is -2.50. The maximum absolute atomic E-state index is 12.9. The number of esters is 1. The monoisotopic (exact) mass is 418 g/mol. The number of Topliss-reactive ketones (excluding diaryl/α,β-unsaturated/α-hetero) is 1. The van der Waals surface area contributed by atoms with Gasteiger partial charge >= 0.3 is 5.97 Å². The summed E-state index contributed by atoms with van der Waals surface area (Å²) in [5.74, 6) is -2.62. The number of hydrogen-bond donors (Lipinski definition) is 3. The largest absolute Gasteiger partial charge is 0.458 e. The number of rotatable bonds is 3. The highest BCUT2D eigenvalue weighted by molar-refractivity contribution is 6.04. The van der Waals surface area contributed by atoms with Crippen LogP contribution in [0.25, 0.3) is 0 Å². The quantitative estimate of drug-likeness (QED) is 0.479. The number of aliphatic hydroxyl groups is 3. The first-order valence-electron chi connectivity index (χ1n) is 11.0. The highest BCUT2D eigenvalue weighted by Crippen LogP contribution is 2.76. The predicted octanol–water partition coefficient (Wildman–Crippen LogP) is 2.17. The molecule has 166 valence electrons. The van der Waals surface area contributed by atoms with Crippen molar-refractivity contribution in [3.05, 3.63) is 23.3 Å². The first-order valence-corrected chi connectivity index (χ1v) is 11.0. The molecule has 4 rings (SSSR count). The average Bonchev–Trinajstić information content (AvgIpc) is 3.06. The highest BCUT2D eigenvalue weighted by atomic mass is 16.6. The molecule has 4 aliphatic rings. The van der Waals surface area contributed by atoms with Crippen molar-refractivity contribution in [2.24, 2.45) is 35.0 Å². The van der Waals surface area contributed by atoms with Gasteiger partial charge in [0.1, 0.15) is 11.2 Å². The molecule has 0 bridgehead atoms. The Kier molecular flexibility index (Phi) is 4.54. The van der Waals surface area contributed by atoms with Crippen LogP contribution >= 0.6 is 0 Å². The summed E-state index contributed by atoms with van der Waals surface area (Å²) in [5.41, 5.74) is -3.23. The molecule has 4 aliphatic carbocycles. The fraction of sp³-hybridized carbons (Fsp3) is 0.750. The molecule has 6 heteroatoms. The summed E-state index contributed by atoms with van der Waals surface area (Å²) in [6, 6.07) is 0. The minimum absolute atomic E-state index is 0.00169. The first kappa shape index (κ1) is 21.7. The van der Waals surface area contributed by atoms with E-state index in [1.807, 2.05) is 26.8 Å². The van der Waals surface area contributed by atoms with Crippen LogP contribution in [0.2, 0.25) is 0 Å². The zero-order valence-corrected chi connectivity index (χ0v) is 18.7. The van der Waals surface area contributed by atoms with Crippen LogP contribution in [0.3, 0.4) is 0 Å². The molecular formula is C24H34O6. The number of ether oxygens (including phenoxy) is 1. The smallest absolute Gasteiger partial charge is 0.308 e. The molecule has 2 fully saturated rings. The molecular weight excluding hydrogens is 384 g/mol. The van der Waals surface area contributed by atoms with Gasteiger partial charge in [-0.2, -0.15) is 0 Å². The fourth-order valence-corrected chi connectivity index (χ4v) is 6.90. The van der Waals surface area contributed by atoms with Crippen molar-refractivity contribution in [2.45, 2.75) is 71.2 Å². The Morgan fingerprint density at radius 2 is 1.90 bits per heavy atom. The molecule has 0 radical (unpaired) electrons. The third-order valence-corrected chi connectivity index (χ3v) is 8.63. The van der Waals surface area contributed by atoms with Crippen LogP contribution in [0.5, 0.6) is 0 Å². The van der Waals surface area contributed by atoms with Gasteiger partial charge in [0.2, 0.25) is 0 Å². The van der Waals surface area contributed by atoms with Crippen LogP contribution in [0.15, 0.2) is 23.3 Å². The molecule has 0 saturated heterocycles. The molecule has 0 aliphatic heterocycles. The lowest BCUT2D eigenvalue weighted by molar-refractivity contribution is -0.188. The summed E-state index contributed by atoms with van der Waals surface area (Å²) >= 11 is 0. The molecule has 2 saturated carbocycles. The van der Waals surface area contributed by atoms with Gasteiger partial charge in [0.05, 0.1) is 18.1 Å². The van der Waals surface area contributed by atoms with Crippen LogP contribution in [0.4, 0.5) is 0 Å². The number of carbonyl (C=O) groups is 2. The molecule has 0 aromatic heterocycles. The number of fused-ring (bicyclic) bond motifs is 5. The molecule has 0 aromatic carbocycles. The van der Waals surface area contributed by atoms with Gasteiger partial charge in [-0.1, -0.05) is 46.8 Å². The summed E-state index contributed by atoms with van der Waals surface area (Å²) in [4.78, 5) is 25.4. The maximum Gasteiger partial charge on any atom is 0.308 e. The summed E-state index contributed by atoms with van der Waals surface area (Å²) in [6.45, 7) is 11.0. The van der Waals surface area contributed by atoms with Gasteiger partial charge in [-0.3, -0.25) is 9.59 Å².